The molecule has 9 aliphatic rings. The van der Waals surface area contributed by atoms with Gasteiger partial charge in [-0.2, -0.15) is 5.06 Å². The Balaban J connectivity index is 0.911. The minimum atomic E-state index is -1.37. The molecular formula is C47H64N2O10. The van der Waals surface area contributed by atoms with Crippen molar-refractivity contribution in [3.8, 4) is 0 Å². The number of nitrogens with one attached hydrogen (secondary N) is 1. The van der Waals surface area contributed by atoms with Crippen LogP contribution in [0.25, 0.3) is 6.08 Å². The number of allylic oxidation sites excluding steroid dienone is 1. The molecule has 11 atom stereocenters. The van der Waals surface area contributed by atoms with Crippen LogP contribution in [-0.2, 0) is 49.5 Å². The van der Waals surface area contributed by atoms with Crippen molar-refractivity contribution in [3.05, 3.63) is 41.0 Å². The number of carbonyl (C=O) groups excluding carboxylic acids is 3. The van der Waals surface area contributed by atoms with Gasteiger partial charge in [-0.15, -0.1) is 0 Å². The number of hydrogen-bond acceptors (Lipinski definition) is 11. The van der Waals surface area contributed by atoms with Gasteiger partial charge >= 0.3 is 11.9 Å². The number of carbonyl (C=O) groups is 3. The predicted molar refractivity (Wildman–Crippen MR) is 215 cm³/mol. The number of epoxide rings is 1. The van der Waals surface area contributed by atoms with Crippen molar-refractivity contribution >= 4 is 23.9 Å². The first-order valence-electron chi connectivity index (χ1n) is 22.6. The van der Waals surface area contributed by atoms with Crippen molar-refractivity contribution in [3.63, 3.8) is 0 Å². The van der Waals surface area contributed by atoms with E-state index in [1.54, 1.807) is 25.8 Å². The summed E-state index contributed by atoms with van der Waals surface area (Å²) in [6.45, 7) is 12.4. The molecule has 4 aliphatic heterocycles. The zero-order valence-corrected chi connectivity index (χ0v) is 35.7. The number of rotatable bonds is 11. The summed E-state index contributed by atoms with van der Waals surface area (Å²) in [4.78, 5) is 48.6. The summed E-state index contributed by atoms with van der Waals surface area (Å²) in [6, 6.07) is 6.67. The third kappa shape index (κ3) is 7.00. The SMILES string of the molecule is CC(C)(C)OC(=O)CC[C@@H](CO)NC(=O)[C@@]12C[C@H]3OC(=O)[C@@H]1N(Cc1ccc(C=C4CCC5O[C@]5(C)CC[C@@H]5[C@@H]4CC5(C)C)cc1)O[C@@H]2[C@H]1OC(C2CC2)(C2CC2)O[C@H]13. The minimum absolute atomic E-state index is 0.0170. The van der Waals surface area contributed by atoms with E-state index in [4.69, 9.17) is 28.5 Å². The number of aliphatic hydroxyl groups excluding tert-OH is 1. The number of ether oxygens (including phenoxy) is 5. The topological polar surface area (TPSA) is 145 Å². The second-order valence-electron chi connectivity index (χ2n) is 21.5. The first-order chi connectivity index (χ1) is 28.0. The molecule has 1 aromatic rings. The van der Waals surface area contributed by atoms with Gasteiger partial charge in [-0.25, -0.2) is 0 Å². The summed E-state index contributed by atoms with van der Waals surface area (Å²) < 4.78 is 31.8. The van der Waals surface area contributed by atoms with E-state index in [0.29, 0.717) is 23.4 Å². The van der Waals surface area contributed by atoms with E-state index < -0.39 is 71.1 Å². The Hall–Kier alpha value is -2.87. The van der Waals surface area contributed by atoms with Crippen molar-refractivity contribution in [2.45, 2.75) is 185 Å². The number of aliphatic hydroxyl groups is 1. The van der Waals surface area contributed by atoms with Crippen molar-refractivity contribution in [2.24, 2.45) is 34.5 Å². The fourth-order valence-electron chi connectivity index (χ4n) is 12.2. The van der Waals surface area contributed by atoms with Crippen molar-refractivity contribution in [2.75, 3.05) is 6.61 Å². The summed E-state index contributed by atoms with van der Waals surface area (Å²) >= 11 is 0. The van der Waals surface area contributed by atoms with Gasteiger partial charge in [-0.1, -0.05) is 49.8 Å². The molecule has 59 heavy (non-hydrogen) atoms. The van der Waals surface area contributed by atoms with Crippen LogP contribution in [0, 0.1) is 34.5 Å². The summed E-state index contributed by atoms with van der Waals surface area (Å²) in [6.07, 6.45) is 10.2. The molecule has 5 aliphatic carbocycles. The monoisotopic (exact) mass is 816 g/mol. The number of nitrogens with zero attached hydrogens (tertiary/aromatic N) is 1. The zero-order chi connectivity index (χ0) is 41.3. The number of fused-ring (bicyclic) bond motifs is 6. The van der Waals surface area contributed by atoms with Gasteiger partial charge in [0, 0.05) is 24.7 Å². The Morgan fingerprint density at radius 2 is 1.69 bits per heavy atom. The number of amides is 1. The van der Waals surface area contributed by atoms with Crippen LogP contribution in [0.1, 0.15) is 130 Å². The van der Waals surface area contributed by atoms with Crippen molar-refractivity contribution in [1.82, 2.24) is 10.4 Å². The van der Waals surface area contributed by atoms with Crippen LogP contribution in [0.3, 0.4) is 0 Å². The van der Waals surface area contributed by atoms with Crippen LogP contribution in [0.4, 0.5) is 0 Å². The van der Waals surface area contributed by atoms with Gasteiger partial charge in [0.25, 0.3) is 0 Å². The van der Waals surface area contributed by atoms with Crippen molar-refractivity contribution in [1.29, 1.82) is 0 Å². The van der Waals surface area contributed by atoms with Gasteiger partial charge in [0.05, 0.1) is 30.9 Å². The Labute approximate surface area is 348 Å². The smallest absolute Gasteiger partial charge is 0.327 e. The summed E-state index contributed by atoms with van der Waals surface area (Å²) in [5, 5.41) is 15.1. The lowest BCUT2D eigenvalue weighted by Crippen LogP contribution is -2.70. The fraction of sp³-hybridized carbons (Fsp3) is 0.766. The molecule has 2 N–H and O–H groups in total. The van der Waals surface area contributed by atoms with Crippen LogP contribution in [0.5, 0.6) is 0 Å². The van der Waals surface area contributed by atoms with E-state index in [-0.39, 0.29) is 49.9 Å². The lowest BCUT2D eigenvalue weighted by molar-refractivity contribution is -0.235. The van der Waals surface area contributed by atoms with Crippen LogP contribution in [-0.4, -0.2) is 94.2 Å². The van der Waals surface area contributed by atoms with Gasteiger partial charge in [-0.3, -0.25) is 19.2 Å². The summed E-state index contributed by atoms with van der Waals surface area (Å²) in [5.41, 5.74) is 1.97. The Kier molecular flexibility index (Phi) is 9.59. The Morgan fingerprint density at radius 1 is 0.983 bits per heavy atom. The largest absolute Gasteiger partial charge is 0.460 e. The molecule has 0 aromatic heterocycles. The zero-order valence-electron chi connectivity index (χ0n) is 35.7. The van der Waals surface area contributed by atoms with Gasteiger partial charge in [-0.05, 0) is 120 Å². The first kappa shape index (κ1) is 40.2. The third-order valence-corrected chi connectivity index (χ3v) is 15.6. The average molecular weight is 817 g/mol. The summed E-state index contributed by atoms with van der Waals surface area (Å²) in [7, 11) is 0. The summed E-state index contributed by atoms with van der Waals surface area (Å²) in [5.74, 6) is -0.313. The van der Waals surface area contributed by atoms with Gasteiger partial charge in [0.15, 0.2) is 11.8 Å². The molecule has 12 heteroatoms. The second kappa shape index (κ2) is 14.1. The number of hydroxylamine groups is 2. The van der Waals surface area contributed by atoms with Crippen LogP contribution >= 0.6 is 0 Å². The molecule has 0 spiro atoms. The highest BCUT2D eigenvalue weighted by molar-refractivity contribution is 5.93. The highest BCUT2D eigenvalue weighted by Crippen LogP contribution is 2.64. The second-order valence-corrected chi connectivity index (χ2v) is 21.5. The molecule has 1 amide bonds. The molecule has 2 bridgehead atoms. The third-order valence-electron chi connectivity index (χ3n) is 15.6. The minimum Gasteiger partial charge on any atom is -0.460 e. The van der Waals surface area contributed by atoms with Crippen molar-refractivity contribution < 1.29 is 48.0 Å². The Bertz CT molecular complexity index is 1870. The molecule has 4 saturated heterocycles. The van der Waals surface area contributed by atoms with Crippen LogP contribution in [0.15, 0.2) is 29.8 Å². The molecular weight excluding hydrogens is 753 g/mol. The maximum absolute atomic E-state index is 14.9. The average Bonchev–Trinajstić information content (AvgIpc) is 4.12. The highest BCUT2D eigenvalue weighted by atomic mass is 16.8. The highest BCUT2D eigenvalue weighted by Gasteiger charge is 2.78. The lowest BCUT2D eigenvalue weighted by Gasteiger charge is -2.53. The van der Waals surface area contributed by atoms with Gasteiger partial charge in [0.2, 0.25) is 5.91 Å². The normalized spacial score (nSPS) is 40.3. The van der Waals surface area contributed by atoms with E-state index in [0.717, 1.165) is 56.1 Å². The van der Waals surface area contributed by atoms with E-state index in [1.165, 1.54) is 18.4 Å². The maximum Gasteiger partial charge on any atom is 0.327 e. The standard InChI is InChI=1S/C47H64N2O10/c1-43(2,3)56-36(51)18-16-31(25-50)48-42(53)46-23-34-37-38(58-47(57-37,29-12-13-29)30-14-15-30)40(46)59-49(39(46)41(52)54-34)24-27-9-7-26(8-10-27)21-28-11-17-35-45(6,55-35)20-19-33-32(28)22-44(33,4)5/h7-10,21,29-35,37-40,50H,11-20,22-25H2,1-6H3,(H,48,53)/t31-,32+,33+,34+,35?,37-,38-,39-,40+,45+,46-/m0/s1. The van der Waals surface area contributed by atoms with Crippen LogP contribution in [0.2, 0.25) is 0 Å². The van der Waals surface area contributed by atoms with E-state index in [1.807, 2.05) is 0 Å². The van der Waals surface area contributed by atoms with Crippen LogP contribution < -0.4 is 5.32 Å². The number of esters is 2. The predicted octanol–water partition coefficient (Wildman–Crippen LogP) is 6.16. The molecule has 9 fully saturated rings. The molecule has 10 rings (SSSR count). The first-order valence-corrected chi connectivity index (χ1v) is 22.6. The quantitative estimate of drug-likeness (QED) is 0.196. The molecule has 322 valence electrons. The van der Waals surface area contributed by atoms with E-state index in [2.05, 4.69) is 56.4 Å². The Morgan fingerprint density at radius 3 is 2.36 bits per heavy atom. The molecule has 0 radical (unpaired) electrons. The number of hydrogen-bond donors (Lipinski definition) is 2. The fourth-order valence-corrected chi connectivity index (χ4v) is 12.2. The lowest BCUT2D eigenvalue weighted by atomic mass is 9.52. The van der Waals surface area contributed by atoms with E-state index in [9.17, 15) is 19.5 Å². The molecule has 12 nitrogen and oxygen atoms in total. The number of benzene rings is 1. The molecule has 5 saturated carbocycles. The molecule has 4 heterocycles. The molecule has 1 aromatic carbocycles. The van der Waals surface area contributed by atoms with Gasteiger partial charge < -0.3 is 34.1 Å². The van der Waals surface area contributed by atoms with Gasteiger partial charge in [0.1, 0.15) is 35.4 Å². The molecule has 1 unspecified atom stereocenters. The maximum atomic E-state index is 14.9. The van der Waals surface area contributed by atoms with E-state index >= 15 is 0 Å².